The molecule has 9 heteroatoms. The van der Waals surface area contributed by atoms with Crippen molar-refractivity contribution in [1.82, 2.24) is 15.3 Å². The molecule has 1 saturated heterocycles. The van der Waals surface area contributed by atoms with Crippen molar-refractivity contribution in [2.24, 2.45) is 0 Å². The van der Waals surface area contributed by atoms with Gasteiger partial charge in [0.05, 0.1) is 5.60 Å². The Morgan fingerprint density at radius 3 is 2.57 bits per heavy atom. The molecule has 4 N–H and O–H groups in total. The molecule has 1 atom stereocenters. The number of piperidine rings is 1. The average Bonchev–Trinajstić information content (AvgIpc) is 2.61. The van der Waals surface area contributed by atoms with Gasteiger partial charge in [0.2, 0.25) is 5.95 Å². The van der Waals surface area contributed by atoms with Crippen LogP contribution in [0.5, 0.6) is 0 Å². The van der Waals surface area contributed by atoms with E-state index in [1.165, 1.54) is 0 Å². The molecule has 3 rings (SSSR count). The number of nitrogens with one attached hydrogen (secondary N) is 3. The zero-order valence-corrected chi connectivity index (χ0v) is 15.8. The molecule has 1 unspecified atom stereocenters. The van der Waals surface area contributed by atoms with Crippen LogP contribution in [0.2, 0.25) is 0 Å². The summed E-state index contributed by atoms with van der Waals surface area (Å²) in [6.07, 6.45) is -1.97. The molecule has 0 bridgehead atoms. The number of aliphatic hydroxyl groups is 1. The van der Waals surface area contributed by atoms with E-state index in [-0.39, 0.29) is 17.8 Å². The third-order valence-electron chi connectivity index (χ3n) is 4.56. The summed E-state index contributed by atoms with van der Waals surface area (Å²) in [5, 5.41) is 19.4. The zero-order chi connectivity index (χ0) is 20.4. The van der Waals surface area contributed by atoms with Gasteiger partial charge >= 0.3 is 6.18 Å². The molecule has 1 aliphatic heterocycles. The first-order chi connectivity index (χ1) is 13.1. The molecule has 2 aromatic rings. The molecule has 1 fully saturated rings. The Morgan fingerprint density at radius 2 is 1.93 bits per heavy atom. The Balaban J connectivity index is 1.95. The van der Waals surface area contributed by atoms with Crippen LogP contribution in [0.1, 0.15) is 37.8 Å². The van der Waals surface area contributed by atoms with E-state index < -0.39 is 17.3 Å². The van der Waals surface area contributed by atoms with Gasteiger partial charge in [-0.05, 0) is 39.3 Å². The molecule has 1 aromatic carbocycles. The predicted molar refractivity (Wildman–Crippen MR) is 102 cm³/mol. The number of benzene rings is 1. The van der Waals surface area contributed by atoms with Gasteiger partial charge in [-0.2, -0.15) is 18.2 Å². The molecule has 152 valence electrons. The molecule has 6 nitrogen and oxygen atoms in total. The summed E-state index contributed by atoms with van der Waals surface area (Å²) in [5.74, 6) is -0.226. The van der Waals surface area contributed by atoms with Gasteiger partial charge in [0, 0.05) is 30.0 Å². The van der Waals surface area contributed by atoms with Crippen LogP contribution in [-0.2, 0) is 11.8 Å². The maximum absolute atomic E-state index is 13.5. The standard InChI is InChI=1S/C19H24F3N5O/c1-18(2,28)13-7-3-4-8-15(13)26-16-14(19(20,21)22)11-24-17(27-16)25-12-6-5-9-23-10-12/h3-4,7-8,11-12,23,28H,5-6,9-10H2,1-2H3,(H2,24,25,26,27). The summed E-state index contributed by atoms with van der Waals surface area (Å²) in [7, 11) is 0. The summed E-state index contributed by atoms with van der Waals surface area (Å²) in [4.78, 5) is 7.94. The molecule has 0 amide bonds. The molecular weight excluding hydrogens is 371 g/mol. The van der Waals surface area contributed by atoms with Crippen molar-refractivity contribution in [3.63, 3.8) is 0 Å². The Morgan fingerprint density at radius 1 is 1.18 bits per heavy atom. The SMILES string of the molecule is CC(C)(O)c1ccccc1Nc1nc(NC2CCCNC2)ncc1C(F)(F)F. The molecule has 0 aliphatic carbocycles. The number of halogens is 3. The highest BCUT2D eigenvalue weighted by Gasteiger charge is 2.36. The normalized spacial score (nSPS) is 18.0. The number of hydrogen-bond donors (Lipinski definition) is 4. The fraction of sp³-hybridized carbons (Fsp3) is 0.474. The van der Waals surface area contributed by atoms with E-state index in [4.69, 9.17) is 0 Å². The fourth-order valence-electron chi connectivity index (χ4n) is 3.16. The van der Waals surface area contributed by atoms with Crippen molar-refractivity contribution in [3.8, 4) is 0 Å². The first kappa shape index (κ1) is 20.3. The van der Waals surface area contributed by atoms with Crippen molar-refractivity contribution in [3.05, 3.63) is 41.6 Å². The van der Waals surface area contributed by atoms with E-state index >= 15 is 0 Å². The van der Waals surface area contributed by atoms with Crippen LogP contribution in [-0.4, -0.2) is 34.2 Å². The number of para-hydroxylation sites is 1. The van der Waals surface area contributed by atoms with Crippen LogP contribution in [0.25, 0.3) is 0 Å². The second kappa shape index (κ2) is 7.92. The lowest BCUT2D eigenvalue weighted by Crippen LogP contribution is -2.38. The summed E-state index contributed by atoms with van der Waals surface area (Å²) in [6.45, 7) is 4.77. The molecule has 28 heavy (non-hydrogen) atoms. The van der Waals surface area contributed by atoms with Gasteiger partial charge in [0.25, 0.3) is 0 Å². The second-order valence-corrected chi connectivity index (χ2v) is 7.37. The lowest BCUT2D eigenvalue weighted by atomic mass is 9.96. The molecule has 2 heterocycles. The lowest BCUT2D eigenvalue weighted by molar-refractivity contribution is -0.137. The minimum absolute atomic E-state index is 0.0574. The molecule has 0 spiro atoms. The topological polar surface area (TPSA) is 82.1 Å². The number of rotatable bonds is 5. The van der Waals surface area contributed by atoms with Crippen molar-refractivity contribution in [2.75, 3.05) is 23.7 Å². The van der Waals surface area contributed by atoms with Crippen LogP contribution in [0, 0.1) is 0 Å². The molecule has 1 aromatic heterocycles. The largest absolute Gasteiger partial charge is 0.421 e. The molecule has 0 saturated carbocycles. The first-order valence-electron chi connectivity index (χ1n) is 9.15. The maximum atomic E-state index is 13.5. The second-order valence-electron chi connectivity index (χ2n) is 7.37. The van der Waals surface area contributed by atoms with Gasteiger partial charge in [-0.15, -0.1) is 0 Å². The van der Waals surface area contributed by atoms with Gasteiger partial charge in [0.15, 0.2) is 0 Å². The van der Waals surface area contributed by atoms with Gasteiger partial charge in [-0.1, -0.05) is 18.2 Å². The third kappa shape index (κ3) is 4.90. The average molecular weight is 395 g/mol. The predicted octanol–water partition coefficient (Wildman–Crippen LogP) is 3.63. The summed E-state index contributed by atoms with van der Waals surface area (Å²) < 4.78 is 40.4. The van der Waals surface area contributed by atoms with Crippen LogP contribution in [0.15, 0.2) is 30.5 Å². The van der Waals surface area contributed by atoms with Crippen LogP contribution >= 0.6 is 0 Å². The summed E-state index contributed by atoms with van der Waals surface area (Å²) in [6, 6.07) is 6.71. The number of anilines is 3. The van der Waals surface area contributed by atoms with Crippen LogP contribution in [0.4, 0.5) is 30.6 Å². The summed E-state index contributed by atoms with van der Waals surface area (Å²) >= 11 is 0. The van der Waals surface area contributed by atoms with Gasteiger partial charge < -0.3 is 21.1 Å². The lowest BCUT2D eigenvalue weighted by Gasteiger charge is -2.25. The van der Waals surface area contributed by atoms with E-state index in [0.717, 1.165) is 25.6 Å². The highest BCUT2D eigenvalue weighted by Crippen LogP contribution is 2.37. The van der Waals surface area contributed by atoms with E-state index in [1.807, 2.05) is 0 Å². The summed E-state index contributed by atoms with van der Waals surface area (Å²) in [5.41, 5.74) is -1.38. The quantitative estimate of drug-likeness (QED) is 0.619. The molecule has 1 aliphatic rings. The maximum Gasteiger partial charge on any atom is 0.421 e. The van der Waals surface area contributed by atoms with E-state index in [2.05, 4.69) is 25.9 Å². The van der Waals surface area contributed by atoms with Crippen molar-refractivity contribution in [1.29, 1.82) is 0 Å². The number of nitrogens with zero attached hydrogens (tertiary/aromatic N) is 2. The first-order valence-corrected chi connectivity index (χ1v) is 9.15. The number of aromatic nitrogens is 2. The Labute approximate surface area is 161 Å². The van der Waals surface area contributed by atoms with Crippen LogP contribution in [0.3, 0.4) is 0 Å². The monoisotopic (exact) mass is 395 g/mol. The van der Waals surface area contributed by atoms with Gasteiger partial charge in [-0.25, -0.2) is 4.98 Å². The van der Waals surface area contributed by atoms with E-state index in [9.17, 15) is 18.3 Å². The molecular formula is C19H24F3N5O. The zero-order valence-electron chi connectivity index (χ0n) is 15.8. The van der Waals surface area contributed by atoms with E-state index in [0.29, 0.717) is 17.8 Å². The third-order valence-corrected chi connectivity index (χ3v) is 4.56. The minimum atomic E-state index is -4.61. The Bertz CT molecular complexity index is 814. The van der Waals surface area contributed by atoms with Gasteiger partial charge in [0.1, 0.15) is 11.4 Å². The van der Waals surface area contributed by atoms with Gasteiger partial charge in [-0.3, -0.25) is 0 Å². The Kier molecular flexibility index (Phi) is 5.76. The number of alkyl halides is 3. The van der Waals surface area contributed by atoms with E-state index in [1.54, 1.807) is 38.1 Å². The van der Waals surface area contributed by atoms with Crippen molar-refractivity contribution >= 4 is 17.5 Å². The Hall–Kier alpha value is -2.39. The van der Waals surface area contributed by atoms with Crippen molar-refractivity contribution in [2.45, 2.75) is 44.5 Å². The highest BCUT2D eigenvalue weighted by atomic mass is 19.4. The van der Waals surface area contributed by atoms with Crippen LogP contribution < -0.4 is 16.0 Å². The minimum Gasteiger partial charge on any atom is -0.386 e. The smallest absolute Gasteiger partial charge is 0.386 e. The fourth-order valence-corrected chi connectivity index (χ4v) is 3.16. The van der Waals surface area contributed by atoms with Crippen molar-refractivity contribution < 1.29 is 18.3 Å². The molecule has 0 radical (unpaired) electrons. The highest BCUT2D eigenvalue weighted by molar-refractivity contribution is 5.65. The number of hydrogen-bond acceptors (Lipinski definition) is 6.